The smallest absolute Gasteiger partial charge is 0.194 e. The molecule has 1 atom stereocenters. The molecule has 8 heteroatoms. The second-order valence-corrected chi connectivity index (χ2v) is 7.21. The maximum Gasteiger partial charge on any atom is 0.194 e. The van der Waals surface area contributed by atoms with E-state index in [9.17, 15) is 0 Å². The number of nitrogens with zero attached hydrogens (tertiary/aromatic N) is 4. The molecule has 3 rings (SSSR count). The Labute approximate surface area is 168 Å². The van der Waals surface area contributed by atoms with Crippen molar-refractivity contribution in [1.82, 2.24) is 20.0 Å². The number of hydrogen-bond acceptors (Lipinski definition) is 4. The van der Waals surface area contributed by atoms with Gasteiger partial charge in [0.05, 0.1) is 25.9 Å². The summed E-state index contributed by atoms with van der Waals surface area (Å²) >= 11 is 3.45. The fourth-order valence-corrected chi connectivity index (χ4v) is 3.33. The number of hydrogen-bond donors (Lipinski definition) is 1. The Kier molecular flexibility index (Phi) is 7.11. The standard InChI is InChI=1S/C19H26BrN5O2/c1-3-21-19(22-7-9-26-17-6-4-5-16(20)11-17)25-8-10-27-18(14-25)15-12-23-24(2)13-15/h4-6,11-13,18H,3,7-10,14H2,1-2H3,(H,21,22). The molecule has 1 unspecified atom stereocenters. The second kappa shape index (κ2) is 9.75. The van der Waals surface area contributed by atoms with E-state index in [0.29, 0.717) is 19.8 Å². The molecular formula is C19H26BrN5O2. The fourth-order valence-electron chi connectivity index (χ4n) is 2.95. The average Bonchev–Trinajstić information content (AvgIpc) is 3.11. The third-order valence-electron chi connectivity index (χ3n) is 4.22. The lowest BCUT2D eigenvalue weighted by Crippen LogP contribution is -2.48. The lowest BCUT2D eigenvalue weighted by atomic mass is 10.1. The molecule has 0 spiro atoms. The van der Waals surface area contributed by atoms with Crippen LogP contribution >= 0.6 is 15.9 Å². The van der Waals surface area contributed by atoms with Gasteiger partial charge in [-0.1, -0.05) is 22.0 Å². The van der Waals surface area contributed by atoms with E-state index in [0.717, 1.165) is 41.4 Å². The molecule has 0 radical (unpaired) electrons. The van der Waals surface area contributed by atoms with Crippen LogP contribution < -0.4 is 10.1 Å². The minimum Gasteiger partial charge on any atom is -0.492 e. The van der Waals surface area contributed by atoms with Crippen molar-refractivity contribution in [2.45, 2.75) is 13.0 Å². The lowest BCUT2D eigenvalue weighted by Gasteiger charge is -2.34. The first-order valence-electron chi connectivity index (χ1n) is 9.17. The summed E-state index contributed by atoms with van der Waals surface area (Å²) in [5.41, 5.74) is 1.09. The van der Waals surface area contributed by atoms with Crippen LogP contribution in [0.5, 0.6) is 5.75 Å². The van der Waals surface area contributed by atoms with Crippen molar-refractivity contribution < 1.29 is 9.47 Å². The molecule has 1 aromatic carbocycles. The Balaban J connectivity index is 1.57. The van der Waals surface area contributed by atoms with Gasteiger partial charge in [0, 0.05) is 36.4 Å². The number of morpholine rings is 1. The zero-order valence-corrected chi connectivity index (χ0v) is 17.4. The summed E-state index contributed by atoms with van der Waals surface area (Å²) in [5, 5.41) is 7.62. The Hall–Kier alpha value is -2.06. The van der Waals surface area contributed by atoms with Crippen molar-refractivity contribution >= 4 is 21.9 Å². The van der Waals surface area contributed by atoms with Crippen LogP contribution in [0.15, 0.2) is 46.1 Å². The van der Waals surface area contributed by atoms with Gasteiger partial charge in [-0.2, -0.15) is 5.10 Å². The topological polar surface area (TPSA) is 63.9 Å². The SMILES string of the molecule is CCNC(=NCCOc1cccc(Br)c1)N1CCOC(c2cnn(C)c2)C1. The normalized spacial score (nSPS) is 17.8. The van der Waals surface area contributed by atoms with Gasteiger partial charge in [0.1, 0.15) is 18.5 Å². The van der Waals surface area contributed by atoms with E-state index >= 15 is 0 Å². The summed E-state index contributed by atoms with van der Waals surface area (Å²) in [5.74, 6) is 1.74. The summed E-state index contributed by atoms with van der Waals surface area (Å²) < 4.78 is 14.5. The van der Waals surface area contributed by atoms with E-state index in [-0.39, 0.29) is 6.10 Å². The lowest BCUT2D eigenvalue weighted by molar-refractivity contribution is -0.00805. The second-order valence-electron chi connectivity index (χ2n) is 6.29. The van der Waals surface area contributed by atoms with Gasteiger partial charge in [0.2, 0.25) is 0 Å². The summed E-state index contributed by atoms with van der Waals surface area (Å²) in [6.45, 7) is 6.25. The predicted molar refractivity (Wildman–Crippen MR) is 109 cm³/mol. The number of aryl methyl sites for hydroxylation is 1. The van der Waals surface area contributed by atoms with Crippen molar-refractivity contribution in [3.05, 3.63) is 46.7 Å². The van der Waals surface area contributed by atoms with E-state index in [1.807, 2.05) is 43.7 Å². The van der Waals surface area contributed by atoms with Gasteiger partial charge in [-0.05, 0) is 25.1 Å². The van der Waals surface area contributed by atoms with Gasteiger partial charge in [0.25, 0.3) is 0 Å². The first-order chi connectivity index (χ1) is 13.2. The summed E-state index contributed by atoms with van der Waals surface area (Å²) in [4.78, 5) is 6.97. The van der Waals surface area contributed by atoms with Crippen LogP contribution in [0.2, 0.25) is 0 Å². The monoisotopic (exact) mass is 435 g/mol. The molecule has 1 aliphatic rings. The van der Waals surface area contributed by atoms with Gasteiger partial charge >= 0.3 is 0 Å². The van der Waals surface area contributed by atoms with E-state index in [1.54, 1.807) is 4.68 Å². The molecule has 7 nitrogen and oxygen atoms in total. The molecule has 0 amide bonds. The Morgan fingerprint density at radius 2 is 2.37 bits per heavy atom. The van der Waals surface area contributed by atoms with Crippen molar-refractivity contribution in [3.8, 4) is 5.75 Å². The molecule has 2 aromatic rings. The number of benzene rings is 1. The van der Waals surface area contributed by atoms with Gasteiger partial charge < -0.3 is 19.7 Å². The molecule has 0 bridgehead atoms. The number of nitrogens with one attached hydrogen (secondary N) is 1. The molecule has 1 saturated heterocycles. The number of aromatic nitrogens is 2. The minimum atomic E-state index is 0.00854. The van der Waals surface area contributed by atoms with Crippen LogP contribution in [0.25, 0.3) is 0 Å². The average molecular weight is 436 g/mol. The molecule has 1 aliphatic heterocycles. The van der Waals surface area contributed by atoms with Crippen LogP contribution in [0.1, 0.15) is 18.6 Å². The third-order valence-corrected chi connectivity index (χ3v) is 4.71. The first-order valence-corrected chi connectivity index (χ1v) is 9.96. The molecule has 1 fully saturated rings. The highest BCUT2D eigenvalue weighted by Gasteiger charge is 2.25. The van der Waals surface area contributed by atoms with Gasteiger partial charge in [-0.25, -0.2) is 4.99 Å². The Morgan fingerprint density at radius 1 is 1.48 bits per heavy atom. The van der Waals surface area contributed by atoms with Crippen LogP contribution in [0, 0.1) is 0 Å². The predicted octanol–water partition coefficient (Wildman–Crippen LogP) is 2.60. The molecule has 27 heavy (non-hydrogen) atoms. The Morgan fingerprint density at radius 3 is 3.11 bits per heavy atom. The quantitative estimate of drug-likeness (QED) is 0.429. The largest absolute Gasteiger partial charge is 0.492 e. The van der Waals surface area contributed by atoms with Gasteiger partial charge in [-0.15, -0.1) is 0 Å². The first kappa shape index (κ1) is 19.7. The summed E-state index contributed by atoms with van der Waals surface area (Å²) in [7, 11) is 1.92. The minimum absolute atomic E-state index is 0.00854. The summed E-state index contributed by atoms with van der Waals surface area (Å²) in [6.07, 6.45) is 3.88. The molecule has 1 aromatic heterocycles. The van der Waals surface area contributed by atoms with Crippen molar-refractivity contribution in [3.63, 3.8) is 0 Å². The molecule has 0 aliphatic carbocycles. The molecule has 2 heterocycles. The van der Waals surface area contributed by atoms with E-state index in [4.69, 9.17) is 14.5 Å². The van der Waals surface area contributed by atoms with Crippen LogP contribution in [-0.4, -0.2) is 60.0 Å². The van der Waals surface area contributed by atoms with E-state index in [2.05, 4.69) is 38.2 Å². The Bertz CT molecular complexity index is 764. The maximum atomic E-state index is 5.92. The molecular weight excluding hydrogens is 410 g/mol. The number of guanidine groups is 1. The zero-order valence-electron chi connectivity index (χ0n) is 15.8. The fraction of sp³-hybridized carbons (Fsp3) is 0.474. The molecule has 1 N–H and O–H groups in total. The highest BCUT2D eigenvalue weighted by molar-refractivity contribution is 9.10. The van der Waals surface area contributed by atoms with E-state index < -0.39 is 0 Å². The highest BCUT2D eigenvalue weighted by Crippen LogP contribution is 2.21. The van der Waals surface area contributed by atoms with Crippen molar-refractivity contribution in [2.75, 3.05) is 39.4 Å². The van der Waals surface area contributed by atoms with E-state index in [1.165, 1.54) is 0 Å². The zero-order chi connectivity index (χ0) is 19.1. The molecule has 146 valence electrons. The highest BCUT2D eigenvalue weighted by atomic mass is 79.9. The third kappa shape index (κ3) is 5.71. The van der Waals surface area contributed by atoms with Gasteiger partial charge in [0.15, 0.2) is 5.96 Å². The van der Waals surface area contributed by atoms with Crippen LogP contribution in [0.4, 0.5) is 0 Å². The number of halogens is 1. The van der Waals surface area contributed by atoms with Crippen LogP contribution in [0.3, 0.4) is 0 Å². The van der Waals surface area contributed by atoms with Crippen LogP contribution in [-0.2, 0) is 11.8 Å². The van der Waals surface area contributed by atoms with Crippen molar-refractivity contribution in [1.29, 1.82) is 0 Å². The summed E-state index contributed by atoms with van der Waals surface area (Å²) in [6, 6.07) is 7.83. The number of rotatable bonds is 6. The van der Waals surface area contributed by atoms with Crippen molar-refractivity contribution in [2.24, 2.45) is 12.0 Å². The number of ether oxygens (including phenoxy) is 2. The number of aliphatic imine (C=N–C) groups is 1. The van der Waals surface area contributed by atoms with Gasteiger partial charge in [-0.3, -0.25) is 4.68 Å². The maximum absolute atomic E-state index is 5.92. The molecule has 0 saturated carbocycles.